The quantitative estimate of drug-likeness (QED) is 0.643. The molecule has 1 fully saturated rings. The SMILES string of the molecule is CCC(CO)NCC(=O)N1CCN(C)CC1. The van der Waals surface area contributed by atoms with Crippen molar-refractivity contribution >= 4 is 5.91 Å². The number of aliphatic hydroxyl groups excluding tert-OH is 1. The van der Waals surface area contributed by atoms with E-state index >= 15 is 0 Å². The molecule has 2 N–H and O–H groups in total. The molecule has 0 saturated carbocycles. The molecule has 5 nitrogen and oxygen atoms in total. The molecule has 0 spiro atoms. The predicted octanol–water partition coefficient (Wildman–Crippen LogP) is -0.879. The van der Waals surface area contributed by atoms with E-state index in [4.69, 9.17) is 5.11 Å². The van der Waals surface area contributed by atoms with E-state index in [1.807, 2.05) is 11.8 Å². The number of nitrogens with one attached hydrogen (secondary N) is 1. The van der Waals surface area contributed by atoms with Gasteiger partial charge in [-0.3, -0.25) is 4.79 Å². The number of amides is 1. The minimum absolute atomic E-state index is 0.0383. The van der Waals surface area contributed by atoms with Crippen molar-refractivity contribution in [2.45, 2.75) is 19.4 Å². The highest BCUT2D eigenvalue weighted by Gasteiger charge is 2.19. The molecule has 1 rings (SSSR count). The van der Waals surface area contributed by atoms with Crippen LogP contribution in [0.2, 0.25) is 0 Å². The van der Waals surface area contributed by atoms with E-state index in [0.717, 1.165) is 32.6 Å². The van der Waals surface area contributed by atoms with Gasteiger partial charge in [0, 0.05) is 32.2 Å². The maximum absolute atomic E-state index is 11.8. The molecule has 1 aliphatic heterocycles. The van der Waals surface area contributed by atoms with Crippen LogP contribution in [0, 0.1) is 0 Å². The van der Waals surface area contributed by atoms with Crippen molar-refractivity contribution in [1.82, 2.24) is 15.1 Å². The monoisotopic (exact) mass is 229 g/mol. The Morgan fingerprint density at radius 2 is 2.00 bits per heavy atom. The molecule has 1 atom stereocenters. The first-order valence-corrected chi connectivity index (χ1v) is 5.98. The number of hydrogen-bond donors (Lipinski definition) is 2. The van der Waals surface area contributed by atoms with Crippen molar-refractivity contribution in [2.24, 2.45) is 0 Å². The number of rotatable bonds is 5. The van der Waals surface area contributed by atoms with Crippen LogP contribution in [0.1, 0.15) is 13.3 Å². The third-order valence-electron chi connectivity index (χ3n) is 3.11. The summed E-state index contributed by atoms with van der Waals surface area (Å²) in [6.45, 7) is 5.94. The van der Waals surface area contributed by atoms with Crippen LogP contribution in [0.4, 0.5) is 0 Å². The van der Waals surface area contributed by atoms with Gasteiger partial charge in [-0.15, -0.1) is 0 Å². The molecule has 0 aromatic carbocycles. The number of hydrogen-bond acceptors (Lipinski definition) is 4. The number of likely N-dealkylation sites (N-methyl/N-ethyl adjacent to an activating group) is 1. The Hall–Kier alpha value is -0.650. The first-order chi connectivity index (χ1) is 7.67. The highest BCUT2D eigenvalue weighted by molar-refractivity contribution is 5.78. The second-order valence-corrected chi connectivity index (χ2v) is 4.35. The second kappa shape index (κ2) is 6.83. The lowest BCUT2D eigenvalue weighted by Crippen LogP contribution is -2.50. The van der Waals surface area contributed by atoms with Crippen LogP contribution in [-0.4, -0.2) is 73.2 Å². The van der Waals surface area contributed by atoms with Gasteiger partial charge in [0.15, 0.2) is 0 Å². The fourth-order valence-corrected chi connectivity index (χ4v) is 1.74. The van der Waals surface area contributed by atoms with E-state index in [9.17, 15) is 4.79 Å². The minimum Gasteiger partial charge on any atom is -0.395 e. The predicted molar refractivity (Wildman–Crippen MR) is 63.2 cm³/mol. The van der Waals surface area contributed by atoms with Crippen molar-refractivity contribution in [3.8, 4) is 0 Å². The van der Waals surface area contributed by atoms with Gasteiger partial charge in [-0.05, 0) is 13.5 Å². The Labute approximate surface area is 97.4 Å². The lowest BCUT2D eigenvalue weighted by Gasteiger charge is -2.32. The van der Waals surface area contributed by atoms with Crippen LogP contribution in [0.5, 0.6) is 0 Å². The van der Waals surface area contributed by atoms with Crippen molar-refractivity contribution in [3.63, 3.8) is 0 Å². The molecule has 1 aliphatic rings. The van der Waals surface area contributed by atoms with Crippen LogP contribution in [-0.2, 0) is 4.79 Å². The first kappa shape index (κ1) is 13.4. The van der Waals surface area contributed by atoms with Crippen LogP contribution >= 0.6 is 0 Å². The molecule has 1 unspecified atom stereocenters. The summed E-state index contributed by atoms with van der Waals surface area (Å²) >= 11 is 0. The normalized spacial score (nSPS) is 19.8. The highest BCUT2D eigenvalue weighted by atomic mass is 16.3. The lowest BCUT2D eigenvalue weighted by atomic mass is 10.2. The maximum atomic E-state index is 11.8. The highest BCUT2D eigenvalue weighted by Crippen LogP contribution is 1.99. The average Bonchev–Trinajstić information content (AvgIpc) is 2.31. The summed E-state index contributed by atoms with van der Waals surface area (Å²) in [5, 5.41) is 12.1. The summed E-state index contributed by atoms with van der Waals surface area (Å²) in [5.74, 6) is 0.139. The number of carbonyl (C=O) groups is 1. The van der Waals surface area contributed by atoms with E-state index in [0.29, 0.717) is 6.54 Å². The van der Waals surface area contributed by atoms with Crippen LogP contribution in [0.15, 0.2) is 0 Å². The standard InChI is InChI=1S/C11H23N3O2/c1-3-10(9-15)12-8-11(16)14-6-4-13(2)5-7-14/h10,12,15H,3-9H2,1-2H3. The van der Waals surface area contributed by atoms with Gasteiger partial charge in [0.05, 0.1) is 13.2 Å². The number of nitrogens with zero attached hydrogens (tertiary/aromatic N) is 2. The third kappa shape index (κ3) is 4.08. The second-order valence-electron chi connectivity index (χ2n) is 4.35. The molecule has 0 aromatic rings. The topological polar surface area (TPSA) is 55.8 Å². The van der Waals surface area contributed by atoms with Gasteiger partial charge in [-0.1, -0.05) is 6.92 Å². The van der Waals surface area contributed by atoms with Gasteiger partial charge >= 0.3 is 0 Å². The number of aliphatic hydroxyl groups is 1. The van der Waals surface area contributed by atoms with E-state index in [1.54, 1.807) is 0 Å². The lowest BCUT2D eigenvalue weighted by molar-refractivity contribution is -0.131. The zero-order chi connectivity index (χ0) is 12.0. The Bertz CT molecular complexity index is 211. The number of piperazine rings is 1. The third-order valence-corrected chi connectivity index (χ3v) is 3.11. The van der Waals surface area contributed by atoms with E-state index < -0.39 is 0 Å². The summed E-state index contributed by atoms with van der Waals surface area (Å²) in [6.07, 6.45) is 0.840. The first-order valence-electron chi connectivity index (χ1n) is 5.98. The van der Waals surface area contributed by atoms with Crippen molar-refractivity contribution < 1.29 is 9.90 Å². The Morgan fingerprint density at radius 1 is 1.38 bits per heavy atom. The molecule has 1 heterocycles. The van der Waals surface area contributed by atoms with E-state index in [1.165, 1.54) is 0 Å². The molecule has 0 aromatic heterocycles. The molecule has 0 aliphatic carbocycles. The van der Waals surface area contributed by atoms with Gasteiger partial charge < -0.3 is 20.2 Å². The van der Waals surface area contributed by atoms with E-state index in [2.05, 4.69) is 17.3 Å². The molecule has 0 radical (unpaired) electrons. The van der Waals surface area contributed by atoms with Gasteiger partial charge in [0.2, 0.25) is 5.91 Å². The van der Waals surface area contributed by atoms with Crippen LogP contribution in [0.3, 0.4) is 0 Å². The largest absolute Gasteiger partial charge is 0.395 e. The zero-order valence-electron chi connectivity index (χ0n) is 10.3. The molecule has 1 amide bonds. The fraction of sp³-hybridized carbons (Fsp3) is 0.909. The minimum atomic E-state index is 0.0383. The molecular formula is C11H23N3O2. The maximum Gasteiger partial charge on any atom is 0.236 e. The summed E-state index contributed by atoms with van der Waals surface area (Å²) in [5.41, 5.74) is 0. The Kier molecular flexibility index (Phi) is 5.73. The van der Waals surface area contributed by atoms with Gasteiger partial charge in [0.25, 0.3) is 0 Å². The van der Waals surface area contributed by atoms with E-state index in [-0.39, 0.29) is 18.6 Å². The van der Waals surface area contributed by atoms with Crippen molar-refractivity contribution in [2.75, 3.05) is 46.4 Å². The Morgan fingerprint density at radius 3 is 2.50 bits per heavy atom. The smallest absolute Gasteiger partial charge is 0.236 e. The van der Waals surface area contributed by atoms with Crippen molar-refractivity contribution in [1.29, 1.82) is 0 Å². The van der Waals surface area contributed by atoms with Gasteiger partial charge in [-0.25, -0.2) is 0 Å². The summed E-state index contributed by atoms with van der Waals surface area (Å²) < 4.78 is 0. The summed E-state index contributed by atoms with van der Waals surface area (Å²) in [4.78, 5) is 15.9. The zero-order valence-corrected chi connectivity index (χ0v) is 10.3. The van der Waals surface area contributed by atoms with Gasteiger partial charge in [0.1, 0.15) is 0 Å². The molecule has 16 heavy (non-hydrogen) atoms. The summed E-state index contributed by atoms with van der Waals surface area (Å²) in [6, 6.07) is 0.0383. The molecular weight excluding hydrogens is 206 g/mol. The number of carbonyl (C=O) groups excluding carboxylic acids is 1. The molecule has 1 saturated heterocycles. The van der Waals surface area contributed by atoms with Crippen LogP contribution in [0.25, 0.3) is 0 Å². The molecule has 94 valence electrons. The fourth-order valence-electron chi connectivity index (χ4n) is 1.74. The van der Waals surface area contributed by atoms with Crippen LogP contribution < -0.4 is 5.32 Å². The molecule has 0 bridgehead atoms. The molecule has 5 heteroatoms. The average molecular weight is 229 g/mol. The summed E-state index contributed by atoms with van der Waals surface area (Å²) in [7, 11) is 2.07. The van der Waals surface area contributed by atoms with Crippen molar-refractivity contribution in [3.05, 3.63) is 0 Å². The van der Waals surface area contributed by atoms with Gasteiger partial charge in [-0.2, -0.15) is 0 Å². The Balaban J connectivity index is 2.24.